The molecule has 0 aromatic carbocycles. The molecule has 0 radical (unpaired) electrons. The van der Waals surface area contributed by atoms with Gasteiger partial charge in [0, 0.05) is 19.6 Å². The predicted octanol–water partition coefficient (Wildman–Crippen LogP) is 2.07. The number of likely N-dealkylation sites (tertiary alicyclic amines) is 1. The third-order valence-corrected chi connectivity index (χ3v) is 3.08. The maximum Gasteiger partial charge on any atom is 0.0160 e. The van der Waals surface area contributed by atoms with Crippen LogP contribution in [0, 0.1) is 11.8 Å². The van der Waals surface area contributed by atoms with E-state index in [1.807, 2.05) is 6.08 Å². The predicted molar refractivity (Wildman–Crippen MR) is 52.0 cm³/mol. The second-order valence-electron chi connectivity index (χ2n) is 3.97. The molecule has 0 aromatic heterocycles. The number of allylic oxidation sites excluding steroid dienone is 2. The third-order valence-electron chi connectivity index (χ3n) is 3.08. The van der Waals surface area contributed by atoms with Crippen molar-refractivity contribution in [3.05, 3.63) is 24.8 Å². The van der Waals surface area contributed by atoms with Gasteiger partial charge in [-0.15, -0.1) is 6.58 Å². The van der Waals surface area contributed by atoms with Crippen LogP contribution < -0.4 is 0 Å². The van der Waals surface area contributed by atoms with Crippen molar-refractivity contribution in [3.63, 3.8) is 0 Å². The molecule has 1 aliphatic carbocycles. The van der Waals surface area contributed by atoms with Crippen LogP contribution in [-0.4, -0.2) is 24.5 Å². The minimum Gasteiger partial charge on any atom is -0.299 e. The first kappa shape index (κ1) is 8.06. The minimum absolute atomic E-state index is 0.940. The van der Waals surface area contributed by atoms with E-state index in [0.29, 0.717) is 0 Å². The summed E-state index contributed by atoms with van der Waals surface area (Å²) in [6.07, 6.45) is 9.32. The van der Waals surface area contributed by atoms with Crippen molar-refractivity contribution in [2.45, 2.75) is 12.8 Å². The Hall–Kier alpha value is -0.560. The lowest BCUT2D eigenvalue weighted by Crippen LogP contribution is -2.20. The van der Waals surface area contributed by atoms with Gasteiger partial charge in [-0.05, 0) is 24.7 Å². The number of hydrogen-bond acceptors (Lipinski definition) is 1. The van der Waals surface area contributed by atoms with Crippen LogP contribution in [0.3, 0.4) is 0 Å². The zero-order valence-electron chi connectivity index (χ0n) is 7.58. The van der Waals surface area contributed by atoms with E-state index in [1.54, 1.807) is 0 Å². The Morgan fingerprint density at radius 2 is 1.83 bits per heavy atom. The highest BCUT2D eigenvalue weighted by molar-refractivity contribution is 5.00. The molecule has 0 bridgehead atoms. The van der Waals surface area contributed by atoms with Crippen LogP contribution in [0.25, 0.3) is 0 Å². The van der Waals surface area contributed by atoms with Crippen LogP contribution in [0.1, 0.15) is 12.8 Å². The van der Waals surface area contributed by atoms with Gasteiger partial charge in [-0.25, -0.2) is 0 Å². The Labute approximate surface area is 74.8 Å². The van der Waals surface area contributed by atoms with Gasteiger partial charge in [-0.3, -0.25) is 4.90 Å². The van der Waals surface area contributed by atoms with Crippen LogP contribution in [0.5, 0.6) is 0 Å². The third kappa shape index (κ3) is 1.46. The number of hydrogen-bond donors (Lipinski definition) is 0. The lowest BCUT2D eigenvalue weighted by atomic mass is 9.86. The van der Waals surface area contributed by atoms with Gasteiger partial charge >= 0.3 is 0 Å². The Morgan fingerprint density at radius 1 is 1.25 bits per heavy atom. The van der Waals surface area contributed by atoms with Crippen molar-refractivity contribution in [2.75, 3.05) is 19.6 Å². The molecular formula is C11H17N. The fourth-order valence-electron chi connectivity index (χ4n) is 2.44. The normalized spacial score (nSPS) is 35.0. The molecule has 0 spiro atoms. The topological polar surface area (TPSA) is 3.24 Å². The van der Waals surface area contributed by atoms with E-state index in [2.05, 4.69) is 23.6 Å². The quantitative estimate of drug-likeness (QED) is 0.563. The molecule has 2 rings (SSSR count). The maximum atomic E-state index is 3.78. The highest BCUT2D eigenvalue weighted by Gasteiger charge is 2.31. The molecule has 2 aliphatic rings. The van der Waals surface area contributed by atoms with E-state index in [4.69, 9.17) is 0 Å². The highest BCUT2D eigenvalue weighted by atomic mass is 15.1. The summed E-state index contributed by atoms with van der Waals surface area (Å²) in [7, 11) is 0. The van der Waals surface area contributed by atoms with E-state index < -0.39 is 0 Å². The minimum atomic E-state index is 0.940. The molecule has 66 valence electrons. The summed E-state index contributed by atoms with van der Waals surface area (Å²) in [6, 6.07) is 0. The summed E-state index contributed by atoms with van der Waals surface area (Å²) in [6.45, 7) is 7.45. The summed E-state index contributed by atoms with van der Waals surface area (Å²) >= 11 is 0. The van der Waals surface area contributed by atoms with E-state index in [-0.39, 0.29) is 0 Å². The molecule has 0 amide bonds. The first-order valence-electron chi connectivity index (χ1n) is 4.88. The average molecular weight is 163 g/mol. The Balaban J connectivity index is 1.93. The Morgan fingerprint density at radius 3 is 2.33 bits per heavy atom. The van der Waals surface area contributed by atoms with Gasteiger partial charge in [0.05, 0.1) is 0 Å². The van der Waals surface area contributed by atoms with Gasteiger partial charge in [-0.1, -0.05) is 18.2 Å². The van der Waals surface area contributed by atoms with Crippen LogP contribution in [0.15, 0.2) is 24.8 Å². The molecule has 2 atom stereocenters. The summed E-state index contributed by atoms with van der Waals surface area (Å²) in [5, 5.41) is 0. The molecule has 1 nitrogen and oxygen atoms in total. The summed E-state index contributed by atoms with van der Waals surface area (Å²) in [5.41, 5.74) is 0. The fraction of sp³-hybridized carbons (Fsp3) is 0.636. The molecule has 0 saturated carbocycles. The number of rotatable bonds is 2. The van der Waals surface area contributed by atoms with Crippen molar-refractivity contribution in [1.82, 2.24) is 4.90 Å². The largest absolute Gasteiger partial charge is 0.299 e. The van der Waals surface area contributed by atoms with Gasteiger partial charge in [0.1, 0.15) is 0 Å². The molecule has 12 heavy (non-hydrogen) atoms. The van der Waals surface area contributed by atoms with Crippen molar-refractivity contribution in [2.24, 2.45) is 11.8 Å². The molecule has 0 aromatic rings. The summed E-state index contributed by atoms with van der Waals surface area (Å²) in [4.78, 5) is 2.52. The maximum absolute atomic E-state index is 3.78. The lowest BCUT2D eigenvalue weighted by molar-refractivity contribution is 0.357. The monoisotopic (exact) mass is 163 g/mol. The van der Waals surface area contributed by atoms with Gasteiger partial charge in [-0.2, -0.15) is 0 Å². The summed E-state index contributed by atoms with van der Waals surface area (Å²) in [5.74, 6) is 1.88. The van der Waals surface area contributed by atoms with Crippen LogP contribution in [0.2, 0.25) is 0 Å². The van der Waals surface area contributed by atoms with Crippen LogP contribution in [0.4, 0.5) is 0 Å². The second kappa shape index (κ2) is 3.44. The van der Waals surface area contributed by atoms with Crippen molar-refractivity contribution >= 4 is 0 Å². The average Bonchev–Trinajstić information content (AvgIpc) is 2.47. The Kier molecular flexibility index (Phi) is 2.31. The zero-order chi connectivity index (χ0) is 8.39. The smallest absolute Gasteiger partial charge is 0.0160 e. The first-order chi connectivity index (χ1) is 5.90. The van der Waals surface area contributed by atoms with E-state index in [9.17, 15) is 0 Å². The fourth-order valence-corrected chi connectivity index (χ4v) is 2.44. The second-order valence-corrected chi connectivity index (χ2v) is 3.97. The Bertz CT molecular complexity index is 179. The van der Waals surface area contributed by atoms with E-state index in [0.717, 1.165) is 18.4 Å². The van der Waals surface area contributed by atoms with Crippen LogP contribution in [-0.2, 0) is 0 Å². The lowest BCUT2D eigenvalue weighted by Gasteiger charge is -2.18. The van der Waals surface area contributed by atoms with Crippen molar-refractivity contribution in [3.8, 4) is 0 Å². The molecule has 1 aliphatic heterocycles. The van der Waals surface area contributed by atoms with Gasteiger partial charge < -0.3 is 0 Å². The standard InChI is InChI=1S/C11H17N/c1-2-7-12-8-10-5-3-4-6-11(10)9-12/h2-4,10-11H,1,5-9H2. The number of nitrogens with zero attached hydrogens (tertiary/aromatic N) is 1. The molecule has 1 fully saturated rings. The molecule has 1 heteroatoms. The number of fused-ring (bicyclic) bond motifs is 1. The SMILES string of the molecule is C=CCN1CC2CC=CCC2C1. The summed E-state index contributed by atoms with van der Waals surface area (Å²) < 4.78 is 0. The molecular weight excluding hydrogens is 146 g/mol. The van der Waals surface area contributed by atoms with Crippen molar-refractivity contribution in [1.29, 1.82) is 0 Å². The van der Waals surface area contributed by atoms with Gasteiger partial charge in [0.2, 0.25) is 0 Å². The molecule has 0 N–H and O–H groups in total. The zero-order valence-corrected chi connectivity index (χ0v) is 7.58. The highest BCUT2D eigenvalue weighted by Crippen LogP contribution is 2.32. The van der Waals surface area contributed by atoms with E-state index in [1.165, 1.54) is 25.9 Å². The first-order valence-corrected chi connectivity index (χ1v) is 4.88. The van der Waals surface area contributed by atoms with Crippen LogP contribution >= 0.6 is 0 Å². The molecule has 1 saturated heterocycles. The van der Waals surface area contributed by atoms with Gasteiger partial charge in [0.25, 0.3) is 0 Å². The molecule has 1 heterocycles. The van der Waals surface area contributed by atoms with Crippen molar-refractivity contribution < 1.29 is 0 Å². The van der Waals surface area contributed by atoms with Gasteiger partial charge in [0.15, 0.2) is 0 Å². The van der Waals surface area contributed by atoms with E-state index >= 15 is 0 Å². The molecule has 2 unspecified atom stereocenters.